The molecule has 1 saturated heterocycles. The molecule has 0 saturated carbocycles. The summed E-state index contributed by atoms with van der Waals surface area (Å²) in [5.41, 5.74) is 2.16. The molecule has 30 heavy (non-hydrogen) atoms. The van der Waals surface area contributed by atoms with E-state index in [2.05, 4.69) is 10.1 Å². The summed E-state index contributed by atoms with van der Waals surface area (Å²) in [5.74, 6) is 1.76. The van der Waals surface area contributed by atoms with E-state index < -0.39 is 0 Å². The molecule has 5 rings (SSSR count). The number of piperazine rings is 1. The van der Waals surface area contributed by atoms with Crippen molar-refractivity contribution in [2.24, 2.45) is 0 Å². The summed E-state index contributed by atoms with van der Waals surface area (Å²) in [7, 11) is 0. The van der Waals surface area contributed by atoms with E-state index >= 15 is 0 Å². The molecule has 0 aliphatic carbocycles. The molecule has 2 aliphatic heterocycles. The maximum Gasteiger partial charge on any atom is 0.276 e. The van der Waals surface area contributed by atoms with Crippen LogP contribution >= 0.6 is 11.6 Å². The largest absolute Gasteiger partial charge is 0.486 e. The number of fused-ring (bicyclic) bond motifs is 1. The fraction of sp³-hybridized carbons (Fsp3) is 0.273. The zero-order valence-corrected chi connectivity index (χ0v) is 17.0. The summed E-state index contributed by atoms with van der Waals surface area (Å²) in [6.07, 6.45) is 0. The lowest BCUT2D eigenvalue weighted by Crippen LogP contribution is -2.48. The molecule has 2 aliphatic rings. The molecule has 0 bridgehead atoms. The molecule has 1 amide bonds. The van der Waals surface area contributed by atoms with Crippen LogP contribution < -0.4 is 14.4 Å². The van der Waals surface area contributed by atoms with Crippen molar-refractivity contribution in [1.82, 2.24) is 10.1 Å². The minimum Gasteiger partial charge on any atom is -0.486 e. The van der Waals surface area contributed by atoms with Crippen LogP contribution in [0.4, 0.5) is 5.69 Å². The SMILES string of the molecule is O=C(c1cc(-c2ccc3c(c2)OCCO3)on1)N1CCN(c2cccc(Cl)c2)CC1. The van der Waals surface area contributed by atoms with Crippen molar-refractivity contribution in [1.29, 1.82) is 0 Å². The van der Waals surface area contributed by atoms with E-state index in [0.29, 0.717) is 54.3 Å². The van der Waals surface area contributed by atoms with Crippen molar-refractivity contribution in [3.63, 3.8) is 0 Å². The van der Waals surface area contributed by atoms with Gasteiger partial charge in [0.05, 0.1) is 0 Å². The Kier molecular flexibility index (Phi) is 4.96. The molecule has 0 atom stereocenters. The number of halogens is 1. The predicted molar refractivity (Wildman–Crippen MR) is 112 cm³/mol. The van der Waals surface area contributed by atoms with Gasteiger partial charge in [-0.25, -0.2) is 0 Å². The third-order valence-corrected chi connectivity index (χ3v) is 5.53. The Balaban J connectivity index is 1.26. The quantitative estimate of drug-likeness (QED) is 0.637. The molecule has 1 fully saturated rings. The van der Waals surface area contributed by atoms with E-state index in [-0.39, 0.29) is 5.91 Å². The smallest absolute Gasteiger partial charge is 0.276 e. The highest BCUT2D eigenvalue weighted by molar-refractivity contribution is 6.30. The van der Waals surface area contributed by atoms with E-state index in [9.17, 15) is 4.79 Å². The molecule has 154 valence electrons. The molecule has 0 radical (unpaired) electrons. The number of aromatic nitrogens is 1. The van der Waals surface area contributed by atoms with E-state index in [1.54, 1.807) is 11.0 Å². The summed E-state index contributed by atoms with van der Waals surface area (Å²) in [4.78, 5) is 16.9. The van der Waals surface area contributed by atoms with E-state index in [1.807, 2.05) is 42.5 Å². The Labute approximate surface area is 178 Å². The predicted octanol–water partition coefficient (Wildman–Crippen LogP) is 3.73. The topological polar surface area (TPSA) is 68.0 Å². The molecule has 3 aromatic rings. The van der Waals surface area contributed by atoms with Gasteiger partial charge in [0.2, 0.25) is 0 Å². The zero-order chi connectivity index (χ0) is 20.5. The second-order valence-corrected chi connectivity index (χ2v) is 7.63. The van der Waals surface area contributed by atoms with Gasteiger partial charge >= 0.3 is 0 Å². The summed E-state index contributed by atoms with van der Waals surface area (Å²) >= 11 is 6.09. The Hall–Kier alpha value is -3.19. The molecule has 3 heterocycles. The molecule has 1 aromatic heterocycles. The van der Waals surface area contributed by atoms with E-state index in [4.69, 9.17) is 25.6 Å². The minimum absolute atomic E-state index is 0.131. The lowest BCUT2D eigenvalue weighted by atomic mass is 10.1. The van der Waals surface area contributed by atoms with Crippen LogP contribution in [0.15, 0.2) is 53.1 Å². The molecule has 0 N–H and O–H groups in total. The van der Waals surface area contributed by atoms with Gasteiger partial charge in [0, 0.05) is 48.5 Å². The Bertz CT molecular complexity index is 1080. The molecular weight excluding hydrogens is 406 g/mol. The fourth-order valence-electron chi connectivity index (χ4n) is 3.71. The number of amides is 1. The van der Waals surface area contributed by atoms with Gasteiger partial charge in [0.15, 0.2) is 23.0 Å². The number of nitrogens with zero attached hydrogens (tertiary/aromatic N) is 3. The van der Waals surface area contributed by atoms with Crippen LogP contribution in [0, 0.1) is 0 Å². The first kappa shape index (κ1) is 18.8. The summed E-state index contributed by atoms with van der Waals surface area (Å²) < 4.78 is 16.6. The Morgan fingerprint density at radius 3 is 2.53 bits per heavy atom. The number of hydrogen-bond acceptors (Lipinski definition) is 6. The number of anilines is 1. The number of carbonyl (C=O) groups excluding carboxylic acids is 1. The van der Waals surface area contributed by atoms with Crippen LogP contribution in [0.2, 0.25) is 5.02 Å². The van der Waals surface area contributed by atoms with Gasteiger partial charge in [0.25, 0.3) is 5.91 Å². The van der Waals surface area contributed by atoms with Crippen LogP contribution in [0.3, 0.4) is 0 Å². The molecular formula is C22H20ClN3O4. The van der Waals surface area contributed by atoms with E-state index in [1.165, 1.54) is 0 Å². The average Bonchev–Trinajstić information content (AvgIpc) is 3.29. The van der Waals surface area contributed by atoms with Crippen LogP contribution in [-0.4, -0.2) is 55.4 Å². The highest BCUT2D eigenvalue weighted by Gasteiger charge is 2.25. The third kappa shape index (κ3) is 3.68. The summed E-state index contributed by atoms with van der Waals surface area (Å²) in [5, 5.41) is 4.71. The van der Waals surface area contributed by atoms with Crippen molar-refractivity contribution in [2.45, 2.75) is 0 Å². The number of carbonyl (C=O) groups is 1. The fourth-order valence-corrected chi connectivity index (χ4v) is 3.90. The van der Waals surface area contributed by atoms with Gasteiger partial charge in [0.1, 0.15) is 13.2 Å². The molecule has 2 aromatic carbocycles. The molecule has 0 unspecified atom stereocenters. The van der Waals surface area contributed by atoms with Crippen LogP contribution in [0.5, 0.6) is 11.5 Å². The van der Waals surface area contributed by atoms with Crippen LogP contribution in [-0.2, 0) is 0 Å². The highest BCUT2D eigenvalue weighted by atomic mass is 35.5. The van der Waals surface area contributed by atoms with Gasteiger partial charge in [-0.15, -0.1) is 0 Å². The van der Waals surface area contributed by atoms with Gasteiger partial charge < -0.3 is 23.8 Å². The van der Waals surface area contributed by atoms with Gasteiger partial charge in [-0.1, -0.05) is 22.8 Å². The monoisotopic (exact) mass is 425 g/mol. The summed E-state index contributed by atoms with van der Waals surface area (Å²) in [6.45, 7) is 3.74. The second kappa shape index (κ2) is 7.91. The van der Waals surface area contributed by atoms with Crippen molar-refractivity contribution in [2.75, 3.05) is 44.3 Å². The van der Waals surface area contributed by atoms with Crippen molar-refractivity contribution < 1.29 is 18.8 Å². The standard InChI is InChI=1S/C22H20ClN3O4/c23-16-2-1-3-17(13-16)25-6-8-26(9-7-25)22(27)18-14-20(30-24-18)15-4-5-19-21(12-15)29-11-10-28-19/h1-5,12-14H,6-11H2. The number of ether oxygens (including phenoxy) is 2. The lowest BCUT2D eigenvalue weighted by molar-refractivity contribution is 0.0736. The number of benzene rings is 2. The maximum absolute atomic E-state index is 12.9. The minimum atomic E-state index is -0.131. The van der Waals surface area contributed by atoms with Crippen LogP contribution in [0.25, 0.3) is 11.3 Å². The van der Waals surface area contributed by atoms with Crippen molar-refractivity contribution >= 4 is 23.2 Å². The van der Waals surface area contributed by atoms with Crippen molar-refractivity contribution in [3.05, 3.63) is 59.2 Å². The molecule has 7 nitrogen and oxygen atoms in total. The first-order valence-electron chi connectivity index (χ1n) is 9.84. The number of hydrogen-bond donors (Lipinski definition) is 0. The van der Waals surface area contributed by atoms with Gasteiger partial charge in [-0.2, -0.15) is 0 Å². The van der Waals surface area contributed by atoms with Crippen molar-refractivity contribution in [3.8, 4) is 22.8 Å². The second-order valence-electron chi connectivity index (χ2n) is 7.19. The lowest BCUT2D eigenvalue weighted by Gasteiger charge is -2.35. The zero-order valence-electron chi connectivity index (χ0n) is 16.2. The Morgan fingerprint density at radius 2 is 1.73 bits per heavy atom. The highest BCUT2D eigenvalue weighted by Crippen LogP contribution is 2.34. The van der Waals surface area contributed by atoms with Crippen LogP contribution in [0.1, 0.15) is 10.5 Å². The van der Waals surface area contributed by atoms with Gasteiger partial charge in [-0.3, -0.25) is 4.79 Å². The first-order chi connectivity index (χ1) is 14.7. The maximum atomic E-state index is 12.9. The molecule has 0 spiro atoms. The van der Waals surface area contributed by atoms with E-state index in [0.717, 1.165) is 24.3 Å². The van der Waals surface area contributed by atoms with Gasteiger partial charge in [-0.05, 0) is 36.4 Å². The molecule has 8 heteroatoms. The normalized spacial score (nSPS) is 15.9. The number of rotatable bonds is 3. The summed E-state index contributed by atoms with van der Waals surface area (Å²) in [6, 6.07) is 15.0. The third-order valence-electron chi connectivity index (χ3n) is 5.30. The first-order valence-corrected chi connectivity index (χ1v) is 10.2. The average molecular weight is 426 g/mol. The Morgan fingerprint density at radius 1 is 0.933 bits per heavy atom.